The molecule has 0 aliphatic heterocycles. The molecule has 0 aliphatic rings. The summed E-state index contributed by atoms with van der Waals surface area (Å²) in [4.78, 5) is 23.1. The van der Waals surface area contributed by atoms with Crippen LogP contribution in [0.3, 0.4) is 0 Å². The van der Waals surface area contributed by atoms with E-state index in [1.165, 1.54) is 7.11 Å². The summed E-state index contributed by atoms with van der Waals surface area (Å²) in [5, 5.41) is 5.69. The van der Waals surface area contributed by atoms with Gasteiger partial charge in [0.15, 0.2) is 0 Å². The maximum atomic E-state index is 11.6. The van der Waals surface area contributed by atoms with Crippen molar-refractivity contribution in [1.29, 1.82) is 0 Å². The molecule has 0 rings (SSSR count). The molecule has 2 atom stereocenters. The van der Waals surface area contributed by atoms with Crippen molar-refractivity contribution in [2.24, 2.45) is 5.92 Å². The minimum atomic E-state index is -0.555. The van der Waals surface area contributed by atoms with Gasteiger partial charge in [0.05, 0.1) is 13.7 Å². The van der Waals surface area contributed by atoms with E-state index in [0.717, 1.165) is 19.4 Å². The predicted molar refractivity (Wildman–Crippen MR) is 66.6 cm³/mol. The Bertz CT molecular complexity index is 244. The second-order valence-corrected chi connectivity index (χ2v) is 4.13. The van der Waals surface area contributed by atoms with Crippen LogP contribution in [-0.2, 0) is 14.3 Å². The summed E-state index contributed by atoms with van der Waals surface area (Å²) >= 11 is 0. The Morgan fingerprint density at radius 3 is 2.41 bits per heavy atom. The van der Waals surface area contributed by atoms with Crippen molar-refractivity contribution in [2.45, 2.75) is 39.7 Å². The Hall–Kier alpha value is -1.10. The molecule has 0 fully saturated rings. The summed E-state index contributed by atoms with van der Waals surface area (Å²) < 4.78 is 4.69. The molecule has 0 aromatic carbocycles. The van der Waals surface area contributed by atoms with Gasteiger partial charge in [0.2, 0.25) is 5.91 Å². The zero-order valence-electron chi connectivity index (χ0n) is 11.2. The maximum Gasteiger partial charge on any atom is 0.328 e. The van der Waals surface area contributed by atoms with E-state index < -0.39 is 6.04 Å². The van der Waals surface area contributed by atoms with Gasteiger partial charge in [0.1, 0.15) is 6.04 Å². The largest absolute Gasteiger partial charge is 0.467 e. The van der Waals surface area contributed by atoms with Crippen LogP contribution in [0.15, 0.2) is 0 Å². The molecule has 17 heavy (non-hydrogen) atoms. The van der Waals surface area contributed by atoms with Crippen molar-refractivity contribution >= 4 is 11.9 Å². The summed E-state index contributed by atoms with van der Waals surface area (Å²) in [5.74, 6) is -0.491. The molecule has 100 valence electrons. The molecule has 5 nitrogen and oxygen atoms in total. The van der Waals surface area contributed by atoms with Crippen LogP contribution < -0.4 is 10.6 Å². The highest BCUT2D eigenvalue weighted by atomic mass is 16.5. The third kappa shape index (κ3) is 6.26. The lowest BCUT2D eigenvalue weighted by Gasteiger charge is -2.21. The minimum Gasteiger partial charge on any atom is -0.467 e. The van der Waals surface area contributed by atoms with E-state index in [9.17, 15) is 9.59 Å². The molecule has 2 unspecified atom stereocenters. The molecule has 0 heterocycles. The Morgan fingerprint density at radius 1 is 1.29 bits per heavy atom. The van der Waals surface area contributed by atoms with E-state index >= 15 is 0 Å². The highest BCUT2D eigenvalue weighted by Crippen LogP contribution is 2.08. The second kappa shape index (κ2) is 8.98. The van der Waals surface area contributed by atoms with Crippen LogP contribution in [0.2, 0.25) is 0 Å². The molecule has 0 saturated carbocycles. The molecule has 0 aromatic heterocycles. The molecule has 0 aromatic rings. The monoisotopic (exact) mass is 244 g/mol. The summed E-state index contributed by atoms with van der Waals surface area (Å²) in [6, 6.07) is -0.555. The first-order valence-corrected chi connectivity index (χ1v) is 6.14. The highest BCUT2D eigenvalue weighted by molar-refractivity contribution is 5.85. The first-order chi connectivity index (χ1) is 8.06. The van der Waals surface area contributed by atoms with Crippen LogP contribution in [-0.4, -0.2) is 38.1 Å². The second-order valence-electron chi connectivity index (χ2n) is 4.13. The lowest BCUT2D eigenvalue weighted by Crippen LogP contribution is -2.48. The summed E-state index contributed by atoms with van der Waals surface area (Å²) in [5.41, 5.74) is 0. The zero-order valence-corrected chi connectivity index (χ0v) is 11.2. The first-order valence-electron chi connectivity index (χ1n) is 6.14. The Kier molecular flexibility index (Phi) is 8.40. The van der Waals surface area contributed by atoms with E-state index in [1.807, 2.05) is 20.8 Å². The number of carbonyl (C=O) groups excluding carboxylic acids is 2. The number of nitrogens with one attached hydrogen (secondary N) is 2. The van der Waals surface area contributed by atoms with Gasteiger partial charge in [-0.3, -0.25) is 4.79 Å². The van der Waals surface area contributed by atoms with Gasteiger partial charge in [-0.2, -0.15) is 0 Å². The molecular weight excluding hydrogens is 220 g/mol. The van der Waals surface area contributed by atoms with E-state index in [2.05, 4.69) is 15.4 Å². The minimum absolute atomic E-state index is 0.0672. The molecule has 0 aliphatic carbocycles. The van der Waals surface area contributed by atoms with Gasteiger partial charge < -0.3 is 15.4 Å². The lowest BCUT2D eigenvalue weighted by atomic mass is 9.99. The molecule has 1 amide bonds. The van der Waals surface area contributed by atoms with Gasteiger partial charge in [0, 0.05) is 0 Å². The van der Waals surface area contributed by atoms with Gasteiger partial charge in [-0.05, 0) is 18.9 Å². The average molecular weight is 244 g/mol. The topological polar surface area (TPSA) is 67.4 Å². The number of amides is 1. The van der Waals surface area contributed by atoms with Crippen molar-refractivity contribution in [3.8, 4) is 0 Å². The quantitative estimate of drug-likeness (QED) is 0.487. The third-order valence-electron chi connectivity index (χ3n) is 2.70. The Labute approximate surface area is 103 Å². The van der Waals surface area contributed by atoms with Gasteiger partial charge >= 0.3 is 5.97 Å². The number of hydrogen-bond acceptors (Lipinski definition) is 4. The smallest absolute Gasteiger partial charge is 0.328 e. The summed E-state index contributed by atoms with van der Waals surface area (Å²) in [6.45, 7) is 6.95. The average Bonchev–Trinajstić information content (AvgIpc) is 2.34. The lowest BCUT2D eigenvalue weighted by molar-refractivity contribution is -0.146. The summed E-state index contributed by atoms with van der Waals surface area (Å²) in [6.07, 6.45) is 1.78. The van der Waals surface area contributed by atoms with E-state index in [-0.39, 0.29) is 24.3 Å². The fourth-order valence-electron chi connectivity index (χ4n) is 1.40. The van der Waals surface area contributed by atoms with Gasteiger partial charge in [0.25, 0.3) is 0 Å². The number of methoxy groups -OCH3 is 1. The zero-order chi connectivity index (χ0) is 13.3. The Balaban J connectivity index is 4.23. The summed E-state index contributed by atoms with van der Waals surface area (Å²) in [7, 11) is 1.33. The van der Waals surface area contributed by atoms with Crippen LogP contribution in [0, 0.1) is 5.92 Å². The fourth-order valence-corrected chi connectivity index (χ4v) is 1.40. The third-order valence-corrected chi connectivity index (χ3v) is 2.70. The number of carbonyl (C=O) groups is 2. The van der Waals surface area contributed by atoms with Crippen molar-refractivity contribution in [3.63, 3.8) is 0 Å². The highest BCUT2D eigenvalue weighted by Gasteiger charge is 2.26. The van der Waals surface area contributed by atoms with Crippen LogP contribution in [0.4, 0.5) is 0 Å². The van der Waals surface area contributed by atoms with Gasteiger partial charge in [-0.15, -0.1) is 0 Å². The Morgan fingerprint density at radius 2 is 1.94 bits per heavy atom. The molecule has 0 saturated heterocycles. The number of rotatable bonds is 8. The number of esters is 1. The van der Waals surface area contributed by atoms with Crippen molar-refractivity contribution in [3.05, 3.63) is 0 Å². The molecule has 2 N–H and O–H groups in total. The van der Waals surface area contributed by atoms with Crippen LogP contribution in [0.5, 0.6) is 0 Å². The number of ether oxygens (including phenoxy) is 1. The van der Waals surface area contributed by atoms with Gasteiger partial charge in [-0.1, -0.05) is 27.2 Å². The molecule has 0 bridgehead atoms. The van der Waals surface area contributed by atoms with Crippen molar-refractivity contribution in [1.82, 2.24) is 10.6 Å². The number of hydrogen-bond donors (Lipinski definition) is 2. The molecule has 0 radical (unpaired) electrons. The predicted octanol–water partition coefficient (Wildman–Crippen LogP) is 0.690. The van der Waals surface area contributed by atoms with E-state index in [0.29, 0.717) is 0 Å². The van der Waals surface area contributed by atoms with Crippen LogP contribution >= 0.6 is 0 Å². The van der Waals surface area contributed by atoms with E-state index in [1.54, 1.807) is 0 Å². The standard InChI is InChI=1S/C12H24N2O3/c1-5-7-13-8-10(15)14-11(9(3)6-2)12(16)17-4/h9,11,13H,5-8H2,1-4H3,(H,14,15). The van der Waals surface area contributed by atoms with Crippen LogP contribution in [0.1, 0.15) is 33.6 Å². The fraction of sp³-hybridized carbons (Fsp3) is 0.833. The molecular formula is C12H24N2O3. The molecule has 5 heteroatoms. The maximum absolute atomic E-state index is 11.6. The van der Waals surface area contributed by atoms with Crippen LogP contribution in [0.25, 0.3) is 0 Å². The van der Waals surface area contributed by atoms with Crippen molar-refractivity contribution < 1.29 is 14.3 Å². The first kappa shape index (κ1) is 15.9. The SMILES string of the molecule is CCCNCC(=O)NC(C(=O)OC)C(C)CC. The van der Waals surface area contributed by atoms with E-state index in [4.69, 9.17) is 0 Å². The van der Waals surface area contributed by atoms with Gasteiger partial charge in [-0.25, -0.2) is 4.79 Å². The molecule has 0 spiro atoms. The normalized spacial score (nSPS) is 13.9. The van der Waals surface area contributed by atoms with Crippen molar-refractivity contribution in [2.75, 3.05) is 20.2 Å².